The van der Waals surface area contributed by atoms with Crippen LogP contribution < -0.4 is 17.7 Å². The molecule has 0 amide bonds. The van der Waals surface area contributed by atoms with E-state index in [2.05, 4.69) is 15.3 Å². The number of carboxylic acids is 1. The minimum atomic E-state index is -0.793. The molecule has 1 fully saturated rings. The first kappa shape index (κ1) is 14.0. The van der Waals surface area contributed by atoms with Crippen LogP contribution in [-0.4, -0.2) is 27.1 Å². The van der Waals surface area contributed by atoms with Crippen molar-refractivity contribution < 1.29 is 23.7 Å². The maximum Gasteiger partial charge on any atom is 1.00 e. The van der Waals surface area contributed by atoms with Crippen LogP contribution in [0.1, 0.15) is 25.7 Å². The van der Waals surface area contributed by atoms with Gasteiger partial charge in [0.1, 0.15) is 16.2 Å². The lowest BCUT2D eigenvalue weighted by atomic mass is 10.3. The Morgan fingerprint density at radius 3 is 2.95 bits per heavy atom. The molecule has 0 unspecified atom stereocenters. The van der Waals surface area contributed by atoms with E-state index in [0.717, 1.165) is 21.2 Å². The molecule has 19 heavy (non-hydrogen) atoms. The molecule has 0 aliphatic heterocycles. The molecule has 5 nitrogen and oxygen atoms in total. The lowest BCUT2D eigenvalue weighted by Crippen LogP contribution is -3.00. The summed E-state index contributed by atoms with van der Waals surface area (Å²) in [4.78, 5) is 20.3. The number of nitrogens with one attached hydrogen (secondary N) is 1. The van der Waals surface area contributed by atoms with Gasteiger partial charge in [0.05, 0.1) is 11.4 Å². The zero-order valence-electron chi connectivity index (χ0n) is 11.1. The van der Waals surface area contributed by atoms with Crippen LogP contribution in [0.4, 0.5) is 5.82 Å². The standard InChI is InChI=1S/C12H13N3O2S.ClH/c16-11(17)6-5-10-14-8-3-4-9(13-7-1-2-7)15-12(8)18-10;/h3-4,7H,1-2,5-6H2,(H,13,15)(H,16,17);1H. The molecule has 1 aliphatic rings. The third-order valence-corrected chi connectivity index (χ3v) is 3.81. The highest BCUT2D eigenvalue weighted by Gasteiger charge is 2.21. The van der Waals surface area contributed by atoms with Gasteiger partial charge in [-0.2, -0.15) is 0 Å². The number of rotatable bonds is 5. The van der Waals surface area contributed by atoms with Crippen LogP contribution in [0.3, 0.4) is 0 Å². The number of anilines is 1. The normalized spacial score (nSPS) is 14.1. The number of aryl methyl sites for hydroxylation is 1. The summed E-state index contributed by atoms with van der Waals surface area (Å²) in [7, 11) is 0. The second-order valence-electron chi connectivity index (χ2n) is 4.44. The van der Waals surface area contributed by atoms with Crippen molar-refractivity contribution in [2.75, 3.05) is 5.32 Å². The smallest absolute Gasteiger partial charge is 1.00 e. The molecule has 1 aliphatic carbocycles. The fourth-order valence-corrected chi connectivity index (χ4v) is 2.63. The third-order valence-electron chi connectivity index (χ3n) is 2.78. The van der Waals surface area contributed by atoms with Gasteiger partial charge in [-0.3, -0.25) is 4.79 Å². The van der Waals surface area contributed by atoms with Gasteiger partial charge in [0, 0.05) is 12.5 Å². The van der Waals surface area contributed by atoms with Crippen molar-refractivity contribution in [3.63, 3.8) is 0 Å². The van der Waals surface area contributed by atoms with E-state index < -0.39 is 5.97 Å². The van der Waals surface area contributed by atoms with E-state index >= 15 is 0 Å². The van der Waals surface area contributed by atoms with Crippen LogP contribution in [0.15, 0.2) is 12.1 Å². The maximum atomic E-state index is 10.5. The van der Waals surface area contributed by atoms with Crippen LogP contribution in [0.5, 0.6) is 0 Å². The van der Waals surface area contributed by atoms with Gasteiger partial charge in [-0.15, -0.1) is 0 Å². The van der Waals surface area contributed by atoms with Crippen molar-refractivity contribution >= 4 is 33.5 Å². The van der Waals surface area contributed by atoms with Crippen molar-refractivity contribution in [2.45, 2.75) is 31.7 Å². The van der Waals surface area contributed by atoms with Gasteiger partial charge in [-0.05, 0) is 25.0 Å². The molecule has 0 radical (unpaired) electrons. The van der Waals surface area contributed by atoms with E-state index in [-0.39, 0.29) is 20.3 Å². The van der Waals surface area contributed by atoms with Crippen LogP contribution in [0.2, 0.25) is 0 Å². The first-order chi connectivity index (χ1) is 8.70. The van der Waals surface area contributed by atoms with Gasteiger partial charge >= 0.3 is 7.40 Å². The van der Waals surface area contributed by atoms with Crippen molar-refractivity contribution in [1.29, 1.82) is 0 Å². The molecule has 1 saturated carbocycles. The van der Waals surface area contributed by atoms with E-state index in [4.69, 9.17) is 5.11 Å². The molecule has 0 saturated heterocycles. The molecule has 2 aromatic heterocycles. The molecule has 2 aromatic rings. The zero-order valence-corrected chi connectivity index (χ0v) is 11.7. The Morgan fingerprint density at radius 1 is 1.47 bits per heavy atom. The summed E-state index contributed by atoms with van der Waals surface area (Å²) < 4.78 is 0. The van der Waals surface area contributed by atoms with Crippen LogP contribution in [-0.2, 0) is 11.2 Å². The molecule has 0 bridgehead atoms. The Kier molecular flexibility index (Phi) is 4.21. The number of halogens is 1. The second kappa shape index (κ2) is 5.71. The number of hydrogen-bond acceptors (Lipinski definition) is 5. The fraction of sp³-hybridized carbons (Fsp3) is 0.417. The Hall–Kier alpha value is -1.40. The van der Waals surface area contributed by atoms with Crippen molar-refractivity contribution in [2.24, 2.45) is 0 Å². The lowest BCUT2D eigenvalue weighted by molar-refractivity contribution is -0.136. The van der Waals surface area contributed by atoms with E-state index in [1.54, 1.807) is 0 Å². The van der Waals surface area contributed by atoms with E-state index in [9.17, 15) is 4.79 Å². The van der Waals surface area contributed by atoms with Crippen molar-refractivity contribution in [1.82, 2.24) is 9.97 Å². The minimum absolute atomic E-state index is 0. The number of carbonyl (C=O) groups is 1. The number of hydrogen-bond donors (Lipinski definition) is 2. The molecule has 3 rings (SSSR count). The number of aliphatic carboxylic acids is 1. The van der Waals surface area contributed by atoms with Crippen LogP contribution in [0, 0.1) is 0 Å². The average molecular weight is 300 g/mol. The molecular formula is C12H14ClN3O2S. The Balaban J connectivity index is 0.000001000. The fourth-order valence-electron chi connectivity index (χ4n) is 1.70. The average Bonchev–Trinajstić information content (AvgIpc) is 3.04. The number of aromatic nitrogens is 2. The van der Waals surface area contributed by atoms with Gasteiger partial charge in [-0.25, -0.2) is 9.97 Å². The highest BCUT2D eigenvalue weighted by Crippen LogP contribution is 2.27. The second-order valence-corrected chi connectivity index (χ2v) is 5.50. The van der Waals surface area contributed by atoms with E-state index in [1.165, 1.54) is 24.2 Å². The summed E-state index contributed by atoms with van der Waals surface area (Å²) in [5.74, 6) is 0.0942. The van der Waals surface area contributed by atoms with E-state index in [1.807, 2.05) is 12.1 Å². The van der Waals surface area contributed by atoms with Crippen molar-refractivity contribution in [3.05, 3.63) is 17.1 Å². The monoisotopic (exact) mass is 299 g/mol. The molecular weight excluding hydrogens is 286 g/mol. The quantitative estimate of drug-likeness (QED) is 0.771. The number of nitrogens with zero attached hydrogens (tertiary/aromatic N) is 2. The number of carboxylic acid groups (broad SMARTS) is 1. The van der Waals surface area contributed by atoms with Gasteiger partial charge in [-0.1, -0.05) is 11.3 Å². The Morgan fingerprint density at radius 2 is 2.26 bits per heavy atom. The molecule has 0 atom stereocenters. The summed E-state index contributed by atoms with van der Waals surface area (Å²) in [6, 6.07) is 4.45. The van der Waals surface area contributed by atoms with Crippen molar-refractivity contribution in [3.8, 4) is 0 Å². The summed E-state index contributed by atoms with van der Waals surface area (Å²) >= 11 is 1.48. The zero-order chi connectivity index (χ0) is 12.5. The Bertz CT molecular complexity index is 603. The maximum absolute atomic E-state index is 10.5. The van der Waals surface area contributed by atoms with E-state index in [0.29, 0.717) is 12.5 Å². The number of pyridine rings is 1. The Labute approximate surface area is 122 Å². The summed E-state index contributed by atoms with van der Waals surface area (Å²) in [5.41, 5.74) is 0.849. The third kappa shape index (κ3) is 3.54. The molecule has 2 heterocycles. The van der Waals surface area contributed by atoms with Gasteiger partial charge < -0.3 is 22.8 Å². The highest BCUT2D eigenvalue weighted by atomic mass is 35.5. The first-order valence-electron chi connectivity index (χ1n) is 5.95. The van der Waals surface area contributed by atoms with Gasteiger partial charge in [0.15, 0.2) is 0 Å². The lowest BCUT2D eigenvalue weighted by Gasteiger charge is -2.01. The van der Waals surface area contributed by atoms with Gasteiger partial charge in [0.25, 0.3) is 0 Å². The predicted octanol–water partition coefficient (Wildman–Crippen LogP) is -0.601. The largest absolute Gasteiger partial charge is 1.00 e. The predicted molar refractivity (Wildman–Crippen MR) is 71.1 cm³/mol. The van der Waals surface area contributed by atoms with Gasteiger partial charge in [0.2, 0.25) is 0 Å². The SMILES string of the molecule is O=C(O)CCc1nc2ccc(NC3CC3)nc2s1.[Cl-].[H+]. The summed E-state index contributed by atoms with van der Waals surface area (Å²) in [6.07, 6.45) is 3.02. The van der Waals surface area contributed by atoms with Crippen LogP contribution in [0.25, 0.3) is 10.3 Å². The highest BCUT2D eigenvalue weighted by molar-refractivity contribution is 7.18. The molecule has 0 spiro atoms. The molecule has 102 valence electrons. The molecule has 7 heteroatoms. The number of fused-ring (bicyclic) bond motifs is 1. The van der Waals surface area contributed by atoms with Crippen LogP contribution >= 0.6 is 11.3 Å². The first-order valence-corrected chi connectivity index (χ1v) is 6.77. The molecule has 2 N–H and O–H groups in total. The summed E-state index contributed by atoms with van der Waals surface area (Å²) in [6.45, 7) is 0. The minimum Gasteiger partial charge on any atom is -1.00 e. The molecule has 0 aromatic carbocycles. The summed E-state index contributed by atoms with van der Waals surface area (Å²) in [5, 5.41) is 12.8. The topological polar surface area (TPSA) is 75.1 Å². The number of thiazole rings is 1.